The molecule has 0 radical (unpaired) electrons. The lowest BCUT2D eigenvalue weighted by Gasteiger charge is -2.17. The van der Waals surface area contributed by atoms with Crippen molar-refractivity contribution in [2.45, 2.75) is 71.8 Å². The predicted molar refractivity (Wildman–Crippen MR) is 108 cm³/mol. The van der Waals surface area contributed by atoms with E-state index in [1.165, 1.54) is 24.1 Å². The molecule has 2 aromatic rings. The number of aromatic nitrogens is 3. The quantitative estimate of drug-likeness (QED) is 0.723. The average Bonchev–Trinajstić information content (AvgIpc) is 3.07. The minimum absolute atomic E-state index is 0.149. The maximum atomic E-state index is 12.5. The average molecular weight is 369 g/mol. The summed E-state index contributed by atoms with van der Waals surface area (Å²) in [6.45, 7) is 5.65. The van der Waals surface area contributed by atoms with E-state index in [1.807, 2.05) is 24.4 Å². The number of hydrogen-bond donors (Lipinski definition) is 1. The molecule has 1 aliphatic rings. The molecule has 1 aliphatic carbocycles. The summed E-state index contributed by atoms with van der Waals surface area (Å²) in [5.74, 6) is 0.347. The monoisotopic (exact) mass is 368 g/mol. The number of nitrogens with one attached hydrogen (secondary N) is 1. The minimum Gasteiger partial charge on any atom is -0.354 e. The Hall–Kier alpha value is -2.17. The van der Waals surface area contributed by atoms with Crippen LogP contribution in [-0.2, 0) is 24.2 Å². The lowest BCUT2D eigenvalue weighted by Crippen LogP contribution is -2.33. The first kappa shape index (κ1) is 19.6. The highest BCUT2D eigenvalue weighted by Crippen LogP contribution is 2.30. The topological polar surface area (TPSA) is 59.8 Å². The molecule has 0 saturated heterocycles. The van der Waals surface area contributed by atoms with E-state index >= 15 is 0 Å². The molecule has 5 heteroatoms. The minimum atomic E-state index is 0.149. The van der Waals surface area contributed by atoms with Crippen LogP contribution in [0.3, 0.4) is 0 Å². The zero-order valence-corrected chi connectivity index (χ0v) is 16.7. The molecule has 0 aromatic carbocycles. The van der Waals surface area contributed by atoms with Crippen molar-refractivity contribution in [2.24, 2.45) is 5.92 Å². The molecule has 2 heterocycles. The normalized spacial score (nSPS) is 13.6. The fourth-order valence-electron chi connectivity index (χ4n) is 4.10. The number of pyridine rings is 1. The highest BCUT2D eigenvalue weighted by molar-refractivity contribution is 5.78. The summed E-state index contributed by atoms with van der Waals surface area (Å²) in [6.07, 6.45) is 10.4. The van der Waals surface area contributed by atoms with Gasteiger partial charge in [0.25, 0.3) is 0 Å². The largest absolute Gasteiger partial charge is 0.354 e. The molecule has 0 unspecified atom stereocenters. The molecule has 0 aliphatic heterocycles. The van der Waals surface area contributed by atoms with Gasteiger partial charge < -0.3 is 5.32 Å². The molecule has 1 N–H and O–H groups in total. The van der Waals surface area contributed by atoms with Crippen molar-refractivity contribution in [1.29, 1.82) is 0 Å². The molecular weight excluding hydrogens is 336 g/mol. The number of carbonyl (C=O) groups is 1. The maximum absolute atomic E-state index is 12.5. The number of amides is 1. The smallest absolute Gasteiger partial charge is 0.223 e. The molecule has 146 valence electrons. The third-order valence-corrected chi connectivity index (χ3v) is 5.43. The van der Waals surface area contributed by atoms with Crippen LogP contribution in [0, 0.1) is 5.92 Å². The summed E-state index contributed by atoms with van der Waals surface area (Å²) in [7, 11) is 0. The second-order valence-electron chi connectivity index (χ2n) is 7.48. The Morgan fingerprint density at radius 3 is 2.67 bits per heavy atom. The molecule has 0 bridgehead atoms. The number of nitrogens with zero attached hydrogens (tertiary/aromatic N) is 3. The van der Waals surface area contributed by atoms with E-state index in [0.717, 1.165) is 56.5 Å². The summed E-state index contributed by atoms with van der Waals surface area (Å²) in [4.78, 5) is 17.0. The van der Waals surface area contributed by atoms with E-state index in [9.17, 15) is 4.79 Å². The molecule has 1 amide bonds. The molecule has 0 spiro atoms. The first-order valence-electron chi connectivity index (χ1n) is 10.5. The second kappa shape index (κ2) is 9.67. The molecule has 5 nitrogen and oxygen atoms in total. The Kier molecular flexibility index (Phi) is 7.02. The van der Waals surface area contributed by atoms with Gasteiger partial charge in [-0.05, 0) is 50.7 Å². The highest BCUT2D eigenvalue weighted by atomic mass is 16.1. The second-order valence-corrected chi connectivity index (χ2v) is 7.48. The third-order valence-electron chi connectivity index (χ3n) is 5.43. The van der Waals surface area contributed by atoms with Crippen molar-refractivity contribution >= 4 is 5.91 Å². The van der Waals surface area contributed by atoms with Crippen LogP contribution < -0.4 is 5.32 Å². The first-order chi connectivity index (χ1) is 13.2. The fourth-order valence-corrected chi connectivity index (χ4v) is 4.10. The van der Waals surface area contributed by atoms with E-state index in [0.29, 0.717) is 6.54 Å². The maximum Gasteiger partial charge on any atom is 0.223 e. The van der Waals surface area contributed by atoms with E-state index in [1.54, 1.807) is 0 Å². The van der Waals surface area contributed by atoms with Crippen LogP contribution in [0.25, 0.3) is 11.4 Å². The highest BCUT2D eigenvalue weighted by Gasteiger charge is 2.22. The predicted octanol–water partition coefficient (Wildman–Crippen LogP) is 4.16. The van der Waals surface area contributed by atoms with Crippen LogP contribution >= 0.6 is 0 Å². The zero-order valence-electron chi connectivity index (χ0n) is 16.7. The van der Waals surface area contributed by atoms with Gasteiger partial charge in [0.05, 0.1) is 12.2 Å². The van der Waals surface area contributed by atoms with Crippen molar-refractivity contribution in [2.75, 3.05) is 6.54 Å². The summed E-state index contributed by atoms with van der Waals surface area (Å²) in [5.41, 5.74) is 4.65. The van der Waals surface area contributed by atoms with Gasteiger partial charge >= 0.3 is 0 Å². The summed E-state index contributed by atoms with van der Waals surface area (Å²) in [6, 6.07) is 5.98. The van der Waals surface area contributed by atoms with Gasteiger partial charge in [0, 0.05) is 29.9 Å². The van der Waals surface area contributed by atoms with Crippen molar-refractivity contribution in [3.05, 3.63) is 35.7 Å². The number of fused-ring (bicyclic) bond motifs is 1. The molecule has 0 atom stereocenters. The van der Waals surface area contributed by atoms with Crippen LogP contribution in [0.2, 0.25) is 0 Å². The molecule has 3 rings (SSSR count). The van der Waals surface area contributed by atoms with Gasteiger partial charge in [0.15, 0.2) is 0 Å². The molecule has 27 heavy (non-hydrogen) atoms. The molecule has 0 saturated carbocycles. The van der Waals surface area contributed by atoms with E-state index < -0.39 is 0 Å². The Morgan fingerprint density at radius 1 is 1.19 bits per heavy atom. The summed E-state index contributed by atoms with van der Waals surface area (Å²) >= 11 is 0. The van der Waals surface area contributed by atoms with Gasteiger partial charge in [0.2, 0.25) is 5.91 Å². The van der Waals surface area contributed by atoms with Gasteiger partial charge in [-0.3, -0.25) is 14.5 Å². The molecular formula is C22H32N4O. The number of carbonyl (C=O) groups excluding carboxylic acids is 1. The number of rotatable bonds is 9. The van der Waals surface area contributed by atoms with Crippen molar-refractivity contribution < 1.29 is 4.79 Å². The van der Waals surface area contributed by atoms with Gasteiger partial charge in [-0.15, -0.1) is 0 Å². The van der Waals surface area contributed by atoms with Crippen molar-refractivity contribution in [3.8, 4) is 11.4 Å². The Labute approximate surface area is 162 Å². The van der Waals surface area contributed by atoms with Crippen LogP contribution in [-0.4, -0.2) is 27.2 Å². The Bertz CT molecular complexity index is 732. The van der Waals surface area contributed by atoms with Crippen molar-refractivity contribution in [3.63, 3.8) is 0 Å². The van der Waals surface area contributed by atoms with E-state index in [2.05, 4.69) is 28.8 Å². The summed E-state index contributed by atoms with van der Waals surface area (Å²) < 4.78 is 2.10. The Balaban J connectivity index is 1.68. The number of hydrogen-bond acceptors (Lipinski definition) is 3. The fraction of sp³-hybridized carbons (Fsp3) is 0.591. The zero-order chi connectivity index (χ0) is 19.1. The summed E-state index contributed by atoms with van der Waals surface area (Å²) in [5, 5.41) is 8.02. The lowest BCUT2D eigenvalue weighted by atomic mass is 9.94. The van der Waals surface area contributed by atoms with Gasteiger partial charge in [0.1, 0.15) is 5.69 Å². The van der Waals surface area contributed by atoms with Crippen LogP contribution in [0.4, 0.5) is 0 Å². The first-order valence-corrected chi connectivity index (χ1v) is 10.5. The van der Waals surface area contributed by atoms with Gasteiger partial charge in [-0.1, -0.05) is 32.8 Å². The standard InChI is InChI=1S/C22H32N4O/c1-3-9-17(10-4-2)22(27)24-15-16-26-20-13-6-5-11-18(20)21(25-26)19-12-7-8-14-23-19/h7-8,12,14,17H,3-6,9-11,13,15-16H2,1-2H3,(H,24,27). The lowest BCUT2D eigenvalue weighted by molar-refractivity contribution is -0.125. The van der Waals surface area contributed by atoms with Crippen molar-refractivity contribution in [1.82, 2.24) is 20.1 Å². The van der Waals surface area contributed by atoms with E-state index in [4.69, 9.17) is 5.10 Å². The SMILES string of the molecule is CCCC(CCC)C(=O)NCCn1nc(-c2ccccn2)c2c1CCCC2. The van der Waals surface area contributed by atoms with E-state index in [-0.39, 0.29) is 11.8 Å². The van der Waals surface area contributed by atoms with Gasteiger partial charge in [-0.25, -0.2) is 0 Å². The third kappa shape index (κ3) is 4.76. The van der Waals surface area contributed by atoms with Crippen LogP contribution in [0.15, 0.2) is 24.4 Å². The Morgan fingerprint density at radius 2 is 1.96 bits per heavy atom. The van der Waals surface area contributed by atoms with Crippen LogP contribution in [0.5, 0.6) is 0 Å². The molecule has 0 fully saturated rings. The molecule has 2 aromatic heterocycles. The van der Waals surface area contributed by atoms with Gasteiger partial charge in [-0.2, -0.15) is 5.10 Å². The van der Waals surface area contributed by atoms with Crippen LogP contribution in [0.1, 0.15) is 63.6 Å².